The van der Waals surface area contributed by atoms with E-state index in [2.05, 4.69) is 0 Å². The van der Waals surface area contributed by atoms with Crippen molar-refractivity contribution in [2.45, 2.75) is 27.2 Å². The maximum Gasteiger partial charge on any atom is 0.238 e. The molecule has 0 aliphatic rings. The molecule has 0 amide bonds. The summed E-state index contributed by atoms with van der Waals surface area (Å²) in [7, 11) is 0. The zero-order chi connectivity index (χ0) is 20.7. The minimum absolute atomic E-state index is 0.0631. The van der Waals surface area contributed by atoms with E-state index >= 15 is 0 Å². The molecule has 0 radical (unpaired) electrons. The second kappa shape index (κ2) is 6.84. The fourth-order valence-corrected chi connectivity index (χ4v) is 2.89. The molecular formula is C21H20O7. The predicted molar refractivity (Wildman–Crippen MR) is 104 cm³/mol. The molecule has 0 aliphatic carbocycles. The lowest BCUT2D eigenvalue weighted by molar-refractivity contribution is 0.433. The molecule has 0 aliphatic heterocycles. The normalized spacial score (nSPS) is 11.0. The molecule has 2 aromatic carbocycles. The molecule has 7 nitrogen and oxygen atoms in total. The molecular weight excluding hydrogens is 364 g/mol. The highest BCUT2D eigenvalue weighted by Gasteiger charge is 2.23. The van der Waals surface area contributed by atoms with Crippen molar-refractivity contribution in [1.29, 1.82) is 0 Å². The van der Waals surface area contributed by atoms with Gasteiger partial charge in [0.05, 0.1) is 0 Å². The molecule has 0 spiro atoms. The van der Waals surface area contributed by atoms with E-state index in [0.717, 1.165) is 11.6 Å². The van der Waals surface area contributed by atoms with Crippen LogP contribution in [0.1, 0.15) is 25.0 Å². The maximum atomic E-state index is 12.7. The SMILES string of the molecule is CC(C)=CCc1c(O)cc(O)c2c(=O)c(O)c(-c3cc(O)c(C)c(O)c3)oc12. The van der Waals surface area contributed by atoms with Gasteiger partial charge >= 0.3 is 0 Å². The van der Waals surface area contributed by atoms with Crippen LogP contribution in [0.4, 0.5) is 0 Å². The Kier molecular flexibility index (Phi) is 4.68. The number of phenolic OH excluding ortho intramolecular Hbond substituents is 4. The van der Waals surface area contributed by atoms with Crippen LogP contribution in [0.3, 0.4) is 0 Å². The van der Waals surface area contributed by atoms with Gasteiger partial charge in [-0.05, 0) is 39.3 Å². The van der Waals surface area contributed by atoms with Crippen molar-refractivity contribution < 1.29 is 29.9 Å². The Morgan fingerprint density at radius 2 is 1.57 bits per heavy atom. The van der Waals surface area contributed by atoms with Gasteiger partial charge in [0, 0.05) is 22.8 Å². The van der Waals surface area contributed by atoms with E-state index in [0.29, 0.717) is 0 Å². The summed E-state index contributed by atoms with van der Waals surface area (Å²) in [5.74, 6) is -2.38. The summed E-state index contributed by atoms with van der Waals surface area (Å²) >= 11 is 0. The standard InChI is InChI=1S/C21H20O7/c1-9(2)4-5-12-15(24)8-16(25)17-18(26)19(27)20(28-21(12)17)11-6-13(22)10(3)14(23)7-11/h4,6-8,22-25,27H,5H2,1-3H3. The summed E-state index contributed by atoms with van der Waals surface area (Å²) in [6.07, 6.45) is 2.03. The van der Waals surface area contributed by atoms with E-state index in [-0.39, 0.29) is 57.1 Å². The lowest BCUT2D eigenvalue weighted by Gasteiger charge is -2.12. The molecule has 3 aromatic rings. The van der Waals surface area contributed by atoms with Crippen molar-refractivity contribution in [2.75, 3.05) is 0 Å². The molecule has 7 heteroatoms. The summed E-state index contributed by atoms with van der Waals surface area (Å²) in [5.41, 5.74) is 0.529. The van der Waals surface area contributed by atoms with Crippen LogP contribution in [0.15, 0.2) is 39.1 Å². The van der Waals surface area contributed by atoms with Gasteiger partial charge in [-0.1, -0.05) is 11.6 Å². The molecule has 0 saturated heterocycles. The Bertz CT molecular complexity index is 1160. The van der Waals surface area contributed by atoms with E-state index in [1.807, 2.05) is 19.9 Å². The van der Waals surface area contributed by atoms with Crippen LogP contribution >= 0.6 is 0 Å². The Labute approximate surface area is 160 Å². The second-order valence-corrected chi connectivity index (χ2v) is 6.83. The number of aromatic hydroxyl groups is 5. The van der Waals surface area contributed by atoms with Crippen molar-refractivity contribution in [2.24, 2.45) is 0 Å². The molecule has 0 unspecified atom stereocenters. The molecule has 0 saturated carbocycles. The van der Waals surface area contributed by atoms with Crippen LogP contribution < -0.4 is 5.43 Å². The summed E-state index contributed by atoms with van der Waals surface area (Å²) in [6.45, 7) is 5.23. The van der Waals surface area contributed by atoms with Crippen molar-refractivity contribution in [3.63, 3.8) is 0 Å². The van der Waals surface area contributed by atoms with E-state index in [1.165, 1.54) is 19.1 Å². The van der Waals surface area contributed by atoms with Gasteiger partial charge in [0.1, 0.15) is 34.0 Å². The third kappa shape index (κ3) is 3.11. The predicted octanol–water partition coefficient (Wildman–Crippen LogP) is 3.81. The fraction of sp³-hybridized carbons (Fsp3) is 0.190. The molecule has 28 heavy (non-hydrogen) atoms. The summed E-state index contributed by atoms with van der Waals surface area (Å²) in [5, 5.41) is 50.4. The highest BCUT2D eigenvalue weighted by Crippen LogP contribution is 2.40. The average Bonchev–Trinajstić information content (AvgIpc) is 2.61. The molecule has 0 bridgehead atoms. The number of rotatable bonds is 3. The summed E-state index contributed by atoms with van der Waals surface area (Å²) in [4.78, 5) is 12.7. The number of fused-ring (bicyclic) bond motifs is 1. The monoisotopic (exact) mass is 384 g/mol. The van der Waals surface area contributed by atoms with Gasteiger partial charge in [-0.3, -0.25) is 4.79 Å². The largest absolute Gasteiger partial charge is 0.508 e. The molecule has 5 N–H and O–H groups in total. The number of benzene rings is 2. The number of phenols is 4. The molecule has 0 fully saturated rings. The van der Waals surface area contributed by atoms with Gasteiger partial charge in [-0.2, -0.15) is 0 Å². The minimum atomic E-state index is -0.897. The van der Waals surface area contributed by atoms with Gasteiger partial charge in [-0.25, -0.2) is 0 Å². The lowest BCUT2D eigenvalue weighted by atomic mass is 10.0. The van der Waals surface area contributed by atoms with Gasteiger partial charge < -0.3 is 29.9 Å². The zero-order valence-corrected chi connectivity index (χ0v) is 15.6. The maximum absolute atomic E-state index is 12.7. The first-order chi connectivity index (χ1) is 13.1. The van der Waals surface area contributed by atoms with Crippen LogP contribution in [0.2, 0.25) is 0 Å². The second-order valence-electron chi connectivity index (χ2n) is 6.83. The summed E-state index contributed by atoms with van der Waals surface area (Å²) < 4.78 is 5.71. The zero-order valence-electron chi connectivity index (χ0n) is 15.6. The Morgan fingerprint density at radius 1 is 0.964 bits per heavy atom. The molecule has 1 aromatic heterocycles. The molecule has 146 valence electrons. The van der Waals surface area contributed by atoms with Crippen LogP contribution in [-0.2, 0) is 6.42 Å². The Morgan fingerprint density at radius 3 is 2.14 bits per heavy atom. The van der Waals surface area contributed by atoms with Gasteiger partial charge in [-0.15, -0.1) is 0 Å². The van der Waals surface area contributed by atoms with E-state index in [9.17, 15) is 30.3 Å². The number of allylic oxidation sites excluding steroid dienone is 2. The quantitative estimate of drug-likeness (QED) is 0.434. The van der Waals surface area contributed by atoms with Gasteiger partial charge in [0.2, 0.25) is 11.2 Å². The van der Waals surface area contributed by atoms with E-state index in [1.54, 1.807) is 0 Å². The molecule has 0 atom stereocenters. The van der Waals surface area contributed by atoms with Crippen LogP contribution in [-0.4, -0.2) is 25.5 Å². The first-order valence-corrected chi connectivity index (χ1v) is 8.51. The van der Waals surface area contributed by atoms with E-state index in [4.69, 9.17) is 4.42 Å². The fourth-order valence-electron chi connectivity index (χ4n) is 2.89. The highest BCUT2D eigenvalue weighted by molar-refractivity contribution is 5.91. The molecule has 3 rings (SSSR count). The van der Waals surface area contributed by atoms with E-state index < -0.39 is 16.9 Å². The van der Waals surface area contributed by atoms with Crippen LogP contribution in [0, 0.1) is 6.92 Å². The van der Waals surface area contributed by atoms with Gasteiger partial charge in [0.25, 0.3) is 0 Å². The topological polar surface area (TPSA) is 131 Å². The van der Waals surface area contributed by atoms with Gasteiger partial charge in [0.15, 0.2) is 5.76 Å². The Hall–Kier alpha value is -3.61. The highest BCUT2D eigenvalue weighted by atomic mass is 16.4. The van der Waals surface area contributed by atoms with Crippen molar-refractivity contribution in [1.82, 2.24) is 0 Å². The minimum Gasteiger partial charge on any atom is -0.508 e. The first-order valence-electron chi connectivity index (χ1n) is 8.51. The van der Waals surface area contributed by atoms with Crippen molar-refractivity contribution in [3.8, 4) is 40.1 Å². The first kappa shape index (κ1) is 19.2. The molecule has 1 heterocycles. The van der Waals surface area contributed by atoms with Crippen molar-refractivity contribution in [3.05, 3.63) is 51.2 Å². The van der Waals surface area contributed by atoms with Crippen LogP contribution in [0.25, 0.3) is 22.3 Å². The van der Waals surface area contributed by atoms with Crippen molar-refractivity contribution >= 4 is 11.0 Å². The Balaban J connectivity index is 2.41. The van der Waals surface area contributed by atoms with Crippen LogP contribution in [0.5, 0.6) is 28.7 Å². The number of hydrogen-bond acceptors (Lipinski definition) is 7. The third-order valence-electron chi connectivity index (χ3n) is 4.53. The summed E-state index contributed by atoms with van der Waals surface area (Å²) in [6, 6.07) is 3.49. The third-order valence-corrected chi connectivity index (χ3v) is 4.53. The lowest BCUT2D eigenvalue weighted by Crippen LogP contribution is -2.05. The smallest absolute Gasteiger partial charge is 0.238 e. The number of hydrogen-bond donors (Lipinski definition) is 5. The average molecular weight is 384 g/mol.